The predicted octanol–water partition coefficient (Wildman–Crippen LogP) is 1.70. The summed E-state index contributed by atoms with van der Waals surface area (Å²) in [4.78, 5) is 12.2. The molecule has 1 fully saturated rings. The van der Waals surface area contributed by atoms with Gasteiger partial charge in [-0.05, 0) is 31.0 Å². The third kappa shape index (κ3) is 3.42. The molecule has 0 radical (unpaired) electrons. The van der Waals surface area contributed by atoms with Crippen molar-refractivity contribution in [2.45, 2.75) is 44.2 Å². The highest BCUT2D eigenvalue weighted by Gasteiger charge is 2.23. The summed E-state index contributed by atoms with van der Waals surface area (Å²) in [5, 5.41) is 12.9. The first-order valence-corrected chi connectivity index (χ1v) is 7.04. The Bertz CT molecular complexity index is 476. The SMILES string of the molecule is COc1ccc(C(=O)NC2CCCCCC2O)cc1N. The van der Waals surface area contributed by atoms with E-state index in [2.05, 4.69) is 5.32 Å². The van der Waals surface area contributed by atoms with Gasteiger partial charge < -0.3 is 20.9 Å². The van der Waals surface area contributed by atoms with Gasteiger partial charge >= 0.3 is 0 Å². The number of benzene rings is 1. The van der Waals surface area contributed by atoms with E-state index in [4.69, 9.17) is 10.5 Å². The van der Waals surface area contributed by atoms with Crippen LogP contribution in [0, 0.1) is 0 Å². The van der Waals surface area contributed by atoms with Crippen LogP contribution < -0.4 is 15.8 Å². The van der Waals surface area contributed by atoms with Gasteiger partial charge in [-0.3, -0.25) is 4.79 Å². The summed E-state index contributed by atoms with van der Waals surface area (Å²) in [5.41, 5.74) is 6.72. The number of aliphatic hydroxyl groups is 1. The lowest BCUT2D eigenvalue weighted by Crippen LogP contribution is -2.42. The number of carbonyl (C=O) groups is 1. The second-order valence-electron chi connectivity index (χ2n) is 5.24. The molecule has 1 aliphatic carbocycles. The Labute approximate surface area is 119 Å². The number of methoxy groups -OCH3 is 1. The maximum atomic E-state index is 12.2. The number of rotatable bonds is 3. The molecular weight excluding hydrogens is 256 g/mol. The number of hydrogen-bond donors (Lipinski definition) is 3. The Balaban J connectivity index is 2.05. The summed E-state index contributed by atoms with van der Waals surface area (Å²) >= 11 is 0. The van der Waals surface area contributed by atoms with Crippen molar-refractivity contribution in [2.75, 3.05) is 12.8 Å². The molecule has 2 rings (SSSR count). The van der Waals surface area contributed by atoms with Gasteiger partial charge in [-0.2, -0.15) is 0 Å². The summed E-state index contributed by atoms with van der Waals surface area (Å²) in [7, 11) is 1.54. The number of aliphatic hydroxyl groups excluding tert-OH is 1. The van der Waals surface area contributed by atoms with Crippen LogP contribution in [0.3, 0.4) is 0 Å². The third-order valence-electron chi connectivity index (χ3n) is 3.79. The van der Waals surface area contributed by atoms with Gasteiger partial charge in [0.15, 0.2) is 0 Å². The molecule has 1 aliphatic rings. The van der Waals surface area contributed by atoms with Crippen LogP contribution in [-0.4, -0.2) is 30.3 Å². The maximum Gasteiger partial charge on any atom is 0.251 e. The predicted molar refractivity (Wildman–Crippen MR) is 77.8 cm³/mol. The van der Waals surface area contributed by atoms with E-state index < -0.39 is 6.10 Å². The molecule has 0 aromatic heterocycles. The Morgan fingerprint density at radius 1 is 1.35 bits per heavy atom. The first-order chi connectivity index (χ1) is 9.61. The van der Waals surface area contributed by atoms with Crippen molar-refractivity contribution in [1.29, 1.82) is 0 Å². The van der Waals surface area contributed by atoms with Gasteiger partial charge in [0.2, 0.25) is 0 Å². The summed E-state index contributed by atoms with van der Waals surface area (Å²) in [5.74, 6) is 0.348. The molecular formula is C15H22N2O3. The number of nitrogen functional groups attached to an aromatic ring is 1. The first kappa shape index (κ1) is 14.7. The number of anilines is 1. The molecule has 0 bridgehead atoms. The van der Waals surface area contributed by atoms with Crippen molar-refractivity contribution < 1.29 is 14.6 Å². The van der Waals surface area contributed by atoms with Crippen LogP contribution in [-0.2, 0) is 0 Å². The van der Waals surface area contributed by atoms with E-state index in [9.17, 15) is 9.90 Å². The van der Waals surface area contributed by atoms with Gasteiger partial charge in [0, 0.05) is 5.56 Å². The van der Waals surface area contributed by atoms with Crippen LogP contribution in [0.25, 0.3) is 0 Å². The Kier molecular flexibility index (Phi) is 4.84. The minimum absolute atomic E-state index is 0.173. The van der Waals surface area contributed by atoms with E-state index in [0.29, 0.717) is 17.0 Å². The fourth-order valence-electron chi connectivity index (χ4n) is 2.58. The third-order valence-corrected chi connectivity index (χ3v) is 3.79. The van der Waals surface area contributed by atoms with Gasteiger partial charge in [-0.25, -0.2) is 0 Å². The highest BCUT2D eigenvalue weighted by molar-refractivity contribution is 5.95. The number of nitrogens with one attached hydrogen (secondary N) is 1. The lowest BCUT2D eigenvalue weighted by atomic mass is 10.1. The molecule has 1 saturated carbocycles. The Morgan fingerprint density at radius 2 is 2.10 bits per heavy atom. The molecule has 1 amide bonds. The number of carbonyl (C=O) groups excluding carboxylic acids is 1. The number of amides is 1. The van der Waals surface area contributed by atoms with Crippen LogP contribution in [0.2, 0.25) is 0 Å². The highest BCUT2D eigenvalue weighted by atomic mass is 16.5. The molecule has 5 nitrogen and oxygen atoms in total. The fraction of sp³-hybridized carbons (Fsp3) is 0.533. The molecule has 0 spiro atoms. The van der Waals surface area contributed by atoms with E-state index >= 15 is 0 Å². The number of nitrogens with two attached hydrogens (primary N) is 1. The van der Waals surface area contributed by atoms with Gasteiger partial charge in [0.25, 0.3) is 5.91 Å². The first-order valence-electron chi connectivity index (χ1n) is 7.04. The average Bonchev–Trinajstić information content (AvgIpc) is 2.64. The molecule has 1 aromatic rings. The number of ether oxygens (including phenoxy) is 1. The molecule has 1 aromatic carbocycles. The van der Waals surface area contributed by atoms with Crippen molar-refractivity contribution in [3.05, 3.63) is 23.8 Å². The van der Waals surface area contributed by atoms with Gasteiger partial charge in [0.05, 0.1) is 24.9 Å². The molecule has 5 heteroatoms. The monoisotopic (exact) mass is 278 g/mol. The van der Waals surface area contributed by atoms with E-state index in [1.807, 2.05) is 0 Å². The standard InChI is InChI=1S/C15H22N2O3/c1-20-14-8-7-10(9-11(14)16)15(19)17-12-5-3-2-4-6-13(12)18/h7-9,12-13,18H,2-6,16H2,1H3,(H,17,19). The molecule has 110 valence electrons. The highest BCUT2D eigenvalue weighted by Crippen LogP contribution is 2.23. The topological polar surface area (TPSA) is 84.6 Å². The molecule has 2 unspecified atom stereocenters. The van der Waals surface area contributed by atoms with E-state index in [1.54, 1.807) is 18.2 Å². The molecule has 0 heterocycles. The van der Waals surface area contributed by atoms with Crippen molar-refractivity contribution >= 4 is 11.6 Å². The average molecular weight is 278 g/mol. The zero-order valence-electron chi connectivity index (χ0n) is 11.8. The smallest absolute Gasteiger partial charge is 0.251 e. The zero-order valence-corrected chi connectivity index (χ0v) is 11.8. The Morgan fingerprint density at radius 3 is 2.80 bits per heavy atom. The second-order valence-corrected chi connectivity index (χ2v) is 5.24. The van der Waals surface area contributed by atoms with E-state index in [-0.39, 0.29) is 11.9 Å². The summed E-state index contributed by atoms with van der Waals surface area (Å²) in [6.45, 7) is 0. The van der Waals surface area contributed by atoms with Crippen LogP contribution >= 0.6 is 0 Å². The quantitative estimate of drug-likeness (QED) is 0.580. The van der Waals surface area contributed by atoms with E-state index in [0.717, 1.165) is 32.1 Å². The zero-order chi connectivity index (χ0) is 14.5. The van der Waals surface area contributed by atoms with Gasteiger partial charge in [-0.1, -0.05) is 19.3 Å². The minimum Gasteiger partial charge on any atom is -0.495 e. The summed E-state index contributed by atoms with van der Waals surface area (Å²) in [6.07, 6.45) is 4.26. The van der Waals surface area contributed by atoms with Crippen molar-refractivity contribution in [3.63, 3.8) is 0 Å². The fourth-order valence-corrected chi connectivity index (χ4v) is 2.58. The van der Waals surface area contributed by atoms with Crippen LogP contribution in [0.5, 0.6) is 5.75 Å². The summed E-state index contributed by atoms with van der Waals surface area (Å²) in [6, 6.07) is 4.77. The normalized spacial score (nSPS) is 22.9. The van der Waals surface area contributed by atoms with Crippen molar-refractivity contribution in [3.8, 4) is 5.75 Å². The maximum absolute atomic E-state index is 12.2. The molecule has 20 heavy (non-hydrogen) atoms. The lowest BCUT2D eigenvalue weighted by Gasteiger charge is -2.22. The summed E-state index contributed by atoms with van der Waals surface area (Å²) < 4.78 is 5.07. The Hall–Kier alpha value is -1.75. The minimum atomic E-state index is -0.461. The van der Waals surface area contributed by atoms with Gasteiger partial charge in [0.1, 0.15) is 5.75 Å². The van der Waals surface area contributed by atoms with Crippen LogP contribution in [0.4, 0.5) is 5.69 Å². The van der Waals surface area contributed by atoms with Crippen LogP contribution in [0.15, 0.2) is 18.2 Å². The molecule has 0 saturated heterocycles. The molecule has 2 atom stereocenters. The van der Waals surface area contributed by atoms with Crippen molar-refractivity contribution in [1.82, 2.24) is 5.32 Å². The van der Waals surface area contributed by atoms with E-state index in [1.165, 1.54) is 7.11 Å². The lowest BCUT2D eigenvalue weighted by molar-refractivity contribution is 0.0819. The molecule has 0 aliphatic heterocycles. The van der Waals surface area contributed by atoms with Crippen molar-refractivity contribution in [2.24, 2.45) is 0 Å². The van der Waals surface area contributed by atoms with Crippen LogP contribution in [0.1, 0.15) is 42.5 Å². The molecule has 4 N–H and O–H groups in total. The van der Waals surface area contributed by atoms with Gasteiger partial charge in [-0.15, -0.1) is 0 Å². The second kappa shape index (κ2) is 6.61. The number of hydrogen-bond acceptors (Lipinski definition) is 4. The largest absolute Gasteiger partial charge is 0.495 e.